The summed E-state index contributed by atoms with van der Waals surface area (Å²) < 4.78 is 42.3. The number of rotatable bonds is 6. The molecule has 2 heterocycles. The molecule has 1 aliphatic heterocycles. The van der Waals surface area contributed by atoms with E-state index < -0.39 is 10.0 Å². The topological polar surface area (TPSA) is 84.3 Å². The van der Waals surface area contributed by atoms with Gasteiger partial charge in [-0.05, 0) is 43.2 Å². The number of halogens is 2. The zero-order valence-corrected chi connectivity index (χ0v) is 18.7. The quantitative estimate of drug-likeness (QED) is 0.587. The predicted octanol–water partition coefficient (Wildman–Crippen LogP) is 3.76. The van der Waals surface area contributed by atoms with Crippen LogP contribution in [0.1, 0.15) is 18.4 Å². The molecule has 1 aromatic heterocycles. The van der Waals surface area contributed by atoms with E-state index >= 15 is 0 Å². The molecule has 0 bridgehead atoms. The second kappa shape index (κ2) is 9.40. The highest BCUT2D eigenvalue weighted by Crippen LogP contribution is 2.25. The molecule has 1 N–H and O–H groups in total. The molecule has 0 saturated carbocycles. The third-order valence-electron chi connectivity index (χ3n) is 5.46. The molecular formula is C22H22ClFN4O3S. The Balaban J connectivity index is 1.33. The number of aromatic nitrogens is 2. The molecule has 4 rings (SSSR count). The molecule has 2 aromatic carbocycles. The lowest BCUT2D eigenvalue weighted by molar-refractivity contribution is -0.120. The maximum atomic E-state index is 13.8. The number of benzene rings is 2. The van der Waals surface area contributed by atoms with Crippen LogP contribution in [0.2, 0.25) is 5.02 Å². The van der Waals surface area contributed by atoms with Crippen molar-refractivity contribution in [3.63, 3.8) is 0 Å². The minimum Gasteiger partial charge on any atom is -0.309 e. The number of amides is 1. The number of hydrogen-bond acceptors (Lipinski definition) is 4. The predicted molar refractivity (Wildman–Crippen MR) is 119 cm³/mol. The van der Waals surface area contributed by atoms with Crippen molar-refractivity contribution < 1.29 is 17.6 Å². The fourth-order valence-electron chi connectivity index (χ4n) is 3.66. The molecule has 0 atom stereocenters. The monoisotopic (exact) mass is 476 g/mol. The lowest BCUT2D eigenvalue weighted by Gasteiger charge is -2.30. The summed E-state index contributed by atoms with van der Waals surface area (Å²) in [6, 6.07) is 14.1. The first-order chi connectivity index (χ1) is 15.3. The molecule has 168 valence electrons. The first-order valence-electron chi connectivity index (χ1n) is 10.2. The normalized spacial score (nSPS) is 15.6. The van der Waals surface area contributed by atoms with E-state index in [0.717, 1.165) is 0 Å². The average molecular weight is 477 g/mol. The standard InChI is InChI=1S/C22H22ClFN4O3S/c23-18-5-7-19(8-6-18)32(30,31)28-13-9-16(10-14-28)22(29)25-21-11-12-27(26-21)15-17-3-1-2-4-20(17)24/h1-8,11-12,16H,9-10,13-15H2,(H,25,26,29). The summed E-state index contributed by atoms with van der Waals surface area (Å²) in [5.74, 6) is -0.454. The number of piperidine rings is 1. The summed E-state index contributed by atoms with van der Waals surface area (Å²) >= 11 is 5.84. The number of nitrogens with zero attached hydrogens (tertiary/aromatic N) is 3. The highest BCUT2D eigenvalue weighted by atomic mass is 35.5. The molecule has 10 heteroatoms. The summed E-state index contributed by atoms with van der Waals surface area (Å²) in [5.41, 5.74) is 0.503. The van der Waals surface area contributed by atoms with Gasteiger partial charge < -0.3 is 5.32 Å². The minimum absolute atomic E-state index is 0.185. The van der Waals surface area contributed by atoms with E-state index in [1.54, 1.807) is 47.3 Å². The second-order valence-electron chi connectivity index (χ2n) is 7.61. The first kappa shape index (κ1) is 22.4. The third-order valence-corrected chi connectivity index (χ3v) is 7.62. The fourth-order valence-corrected chi connectivity index (χ4v) is 5.26. The van der Waals surface area contributed by atoms with Crippen molar-refractivity contribution in [1.82, 2.24) is 14.1 Å². The Hall–Kier alpha value is -2.75. The van der Waals surface area contributed by atoms with Gasteiger partial charge in [-0.25, -0.2) is 12.8 Å². The number of nitrogens with one attached hydrogen (secondary N) is 1. The van der Waals surface area contributed by atoms with Gasteiger partial charge in [-0.1, -0.05) is 29.8 Å². The zero-order chi connectivity index (χ0) is 22.7. The van der Waals surface area contributed by atoms with Gasteiger partial charge in [0.25, 0.3) is 0 Å². The SMILES string of the molecule is O=C(Nc1ccn(Cc2ccccc2F)n1)C1CCN(S(=O)(=O)c2ccc(Cl)cc2)CC1. The smallest absolute Gasteiger partial charge is 0.243 e. The molecule has 0 aliphatic carbocycles. The van der Waals surface area contributed by atoms with Crippen molar-refractivity contribution in [3.8, 4) is 0 Å². The minimum atomic E-state index is -3.62. The molecule has 32 heavy (non-hydrogen) atoms. The maximum absolute atomic E-state index is 13.8. The van der Waals surface area contributed by atoms with Gasteiger partial charge in [-0.15, -0.1) is 0 Å². The summed E-state index contributed by atoms with van der Waals surface area (Å²) in [6.07, 6.45) is 2.49. The van der Waals surface area contributed by atoms with Crippen LogP contribution < -0.4 is 5.32 Å². The largest absolute Gasteiger partial charge is 0.309 e. The molecule has 0 spiro atoms. The average Bonchev–Trinajstić information content (AvgIpc) is 3.22. The Bertz CT molecular complexity index is 1210. The van der Waals surface area contributed by atoms with Gasteiger partial charge in [-0.3, -0.25) is 9.48 Å². The van der Waals surface area contributed by atoms with Gasteiger partial charge in [0.1, 0.15) is 5.82 Å². The van der Waals surface area contributed by atoms with Crippen LogP contribution in [0.4, 0.5) is 10.2 Å². The Kier molecular flexibility index (Phi) is 6.59. The molecule has 7 nitrogen and oxygen atoms in total. The molecule has 0 radical (unpaired) electrons. The molecular weight excluding hydrogens is 455 g/mol. The first-order valence-corrected chi connectivity index (χ1v) is 12.0. The lowest BCUT2D eigenvalue weighted by Crippen LogP contribution is -2.41. The van der Waals surface area contributed by atoms with Crippen LogP contribution >= 0.6 is 11.6 Å². The van der Waals surface area contributed by atoms with Crippen LogP contribution in [0.3, 0.4) is 0 Å². The van der Waals surface area contributed by atoms with Crippen LogP contribution in [0.5, 0.6) is 0 Å². The number of anilines is 1. The van der Waals surface area contributed by atoms with Crippen LogP contribution in [0.25, 0.3) is 0 Å². The number of hydrogen-bond donors (Lipinski definition) is 1. The molecule has 3 aromatic rings. The molecule has 1 fully saturated rings. The van der Waals surface area contributed by atoms with Crippen molar-refractivity contribution in [3.05, 3.63) is 77.2 Å². The number of sulfonamides is 1. The Morgan fingerprint density at radius 3 is 2.47 bits per heavy atom. The van der Waals surface area contributed by atoms with E-state index in [1.165, 1.54) is 22.5 Å². The van der Waals surface area contributed by atoms with E-state index in [9.17, 15) is 17.6 Å². The Labute approximate surface area is 190 Å². The number of carbonyl (C=O) groups excluding carboxylic acids is 1. The van der Waals surface area contributed by atoms with Crippen LogP contribution in [-0.2, 0) is 21.4 Å². The summed E-state index contributed by atoms with van der Waals surface area (Å²) in [7, 11) is -3.62. The van der Waals surface area contributed by atoms with Gasteiger partial charge in [0, 0.05) is 41.9 Å². The summed E-state index contributed by atoms with van der Waals surface area (Å²) in [6.45, 7) is 0.763. The Morgan fingerprint density at radius 2 is 1.78 bits per heavy atom. The van der Waals surface area contributed by atoms with Crippen molar-refractivity contribution in [2.45, 2.75) is 24.3 Å². The highest BCUT2D eigenvalue weighted by molar-refractivity contribution is 7.89. The van der Waals surface area contributed by atoms with Crippen LogP contribution in [-0.4, -0.2) is 41.5 Å². The third kappa shape index (κ3) is 5.01. The van der Waals surface area contributed by atoms with E-state index in [-0.39, 0.29) is 42.2 Å². The van der Waals surface area contributed by atoms with Gasteiger partial charge in [0.15, 0.2) is 5.82 Å². The molecule has 0 unspecified atom stereocenters. The van der Waals surface area contributed by atoms with Crippen molar-refractivity contribution in [2.24, 2.45) is 5.92 Å². The van der Waals surface area contributed by atoms with E-state index in [1.807, 2.05) is 0 Å². The molecule has 1 aliphatic rings. The Morgan fingerprint density at radius 1 is 1.09 bits per heavy atom. The van der Waals surface area contributed by atoms with Crippen molar-refractivity contribution >= 4 is 33.3 Å². The lowest BCUT2D eigenvalue weighted by atomic mass is 9.97. The molecule has 1 saturated heterocycles. The van der Waals surface area contributed by atoms with Crippen molar-refractivity contribution in [2.75, 3.05) is 18.4 Å². The fraction of sp³-hybridized carbons (Fsp3) is 0.273. The summed E-state index contributed by atoms with van der Waals surface area (Å²) in [4.78, 5) is 12.8. The number of carbonyl (C=O) groups is 1. The van der Waals surface area contributed by atoms with E-state index in [4.69, 9.17) is 11.6 Å². The maximum Gasteiger partial charge on any atom is 0.243 e. The van der Waals surface area contributed by atoms with E-state index in [0.29, 0.717) is 29.2 Å². The van der Waals surface area contributed by atoms with Gasteiger partial charge >= 0.3 is 0 Å². The van der Waals surface area contributed by atoms with Gasteiger partial charge in [-0.2, -0.15) is 9.40 Å². The van der Waals surface area contributed by atoms with Crippen LogP contribution in [0.15, 0.2) is 65.7 Å². The molecule has 1 amide bonds. The highest BCUT2D eigenvalue weighted by Gasteiger charge is 2.32. The summed E-state index contributed by atoms with van der Waals surface area (Å²) in [5, 5.41) is 7.53. The van der Waals surface area contributed by atoms with Gasteiger partial charge in [0.2, 0.25) is 15.9 Å². The van der Waals surface area contributed by atoms with E-state index in [2.05, 4.69) is 10.4 Å². The van der Waals surface area contributed by atoms with Crippen molar-refractivity contribution in [1.29, 1.82) is 0 Å². The van der Waals surface area contributed by atoms with Gasteiger partial charge in [0.05, 0.1) is 11.4 Å². The second-order valence-corrected chi connectivity index (χ2v) is 9.99. The zero-order valence-electron chi connectivity index (χ0n) is 17.1. The van der Waals surface area contributed by atoms with Crippen LogP contribution in [0, 0.1) is 11.7 Å².